The van der Waals surface area contributed by atoms with Gasteiger partial charge in [-0.15, -0.1) is 0 Å². The van der Waals surface area contributed by atoms with E-state index in [2.05, 4.69) is 13.8 Å². The van der Waals surface area contributed by atoms with E-state index in [-0.39, 0.29) is 35.3 Å². The van der Waals surface area contributed by atoms with Crippen LogP contribution in [0.2, 0.25) is 0 Å². The number of hydrogen-bond acceptors (Lipinski definition) is 2. The maximum atomic E-state index is 11.4. The molecule has 0 spiro atoms. The van der Waals surface area contributed by atoms with Gasteiger partial charge >= 0.3 is 29.6 Å². The van der Waals surface area contributed by atoms with Crippen LogP contribution < -0.4 is 29.6 Å². The molecule has 20 heavy (non-hydrogen) atoms. The summed E-state index contributed by atoms with van der Waals surface area (Å²) in [6, 6.07) is 0. The van der Waals surface area contributed by atoms with Crippen LogP contribution in [-0.4, -0.2) is 16.5 Å². The zero-order chi connectivity index (χ0) is 14.6. The number of carbonyl (C=O) groups is 1. The Morgan fingerprint density at radius 2 is 1.25 bits per heavy atom. The van der Waals surface area contributed by atoms with Gasteiger partial charge in [-0.25, -0.2) is 0 Å². The molecule has 0 saturated carbocycles. The van der Waals surface area contributed by atoms with E-state index in [1.165, 1.54) is 64.7 Å². The minimum Gasteiger partial charge on any atom is -0.415 e. The van der Waals surface area contributed by atoms with Gasteiger partial charge in [-0.3, -0.25) is 4.79 Å². The summed E-state index contributed by atoms with van der Waals surface area (Å²) in [5, 5.41) is 9.39. The van der Waals surface area contributed by atoms with Gasteiger partial charge in [0.2, 0.25) is 0 Å². The molecule has 114 valence electrons. The summed E-state index contributed by atoms with van der Waals surface area (Å²) in [5.74, 6) is -0.136. The van der Waals surface area contributed by atoms with E-state index in [1.54, 1.807) is 0 Å². The van der Waals surface area contributed by atoms with E-state index in [1.807, 2.05) is 0 Å². The average Bonchev–Trinajstić information content (AvgIpc) is 2.34. The van der Waals surface area contributed by atoms with E-state index < -0.39 is 5.60 Å². The van der Waals surface area contributed by atoms with Crippen molar-refractivity contribution in [2.24, 2.45) is 0 Å². The Hall–Kier alpha value is 0.630. The first-order chi connectivity index (χ1) is 8.98. The molecular formula is C17H33NaO2. The monoisotopic (exact) mass is 292 g/mol. The number of rotatable bonds is 13. The van der Waals surface area contributed by atoms with Crippen LogP contribution in [0.4, 0.5) is 0 Å². The molecule has 0 fully saturated rings. The van der Waals surface area contributed by atoms with E-state index in [0.717, 1.165) is 12.8 Å². The summed E-state index contributed by atoms with van der Waals surface area (Å²) in [6.45, 7) is 7.16. The van der Waals surface area contributed by atoms with Crippen LogP contribution >= 0.6 is 0 Å². The van der Waals surface area contributed by atoms with Crippen LogP contribution in [0, 0.1) is 6.92 Å². The molecule has 0 aliphatic heterocycles. The van der Waals surface area contributed by atoms with Gasteiger partial charge in [0.05, 0.1) is 0 Å². The third kappa shape index (κ3) is 15.0. The van der Waals surface area contributed by atoms with Crippen molar-refractivity contribution < 1.29 is 39.5 Å². The van der Waals surface area contributed by atoms with Crippen molar-refractivity contribution in [3.63, 3.8) is 0 Å². The van der Waals surface area contributed by atoms with Crippen LogP contribution in [-0.2, 0) is 4.79 Å². The van der Waals surface area contributed by atoms with E-state index in [9.17, 15) is 9.90 Å². The first-order valence-electron chi connectivity index (χ1n) is 8.09. The van der Waals surface area contributed by atoms with E-state index >= 15 is 0 Å². The summed E-state index contributed by atoms with van der Waals surface area (Å²) in [5.41, 5.74) is -1.39. The first-order valence-corrected chi connectivity index (χ1v) is 8.09. The van der Waals surface area contributed by atoms with Gasteiger partial charge in [0.1, 0.15) is 5.78 Å². The molecule has 0 amide bonds. The first kappa shape index (κ1) is 22.9. The van der Waals surface area contributed by atoms with Crippen LogP contribution in [0.5, 0.6) is 0 Å². The van der Waals surface area contributed by atoms with Crippen molar-refractivity contribution >= 4 is 5.78 Å². The molecule has 3 heteroatoms. The number of Topliss-reactive ketones (excluding diaryl/α,β-unsaturated/α-hetero) is 1. The molecule has 1 N–H and O–H groups in total. The molecule has 1 atom stereocenters. The fraction of sp³-hybridized carbons (Fsp3) is 0.882. The third-order valence-electron chi connectivity index (χ3n) is 3.61. The molecule has 0 aromatic heterocycles. The second-order valence-electron chi connectivity index (χ2n) is 5.98. The van der Waals surface area contributed by atoms with Crippen LogP contribution in [0.3, 0.4) is 0 Å². The summed E-state index contributed by atoms with van der Waals surface area (Å²) in [6.07, 6.45) is 14.5. The molecule has 0 radical (unpaired) electrons. The van der Waals surface area contributed by atoms with Crippen molar-refractivity contribution in [2.45, 2.75) is 96.5 Å². The van der Waals surface area contributed by atoms with E-state index in [0.29, 0.717) is 6.42 Å². The molecule has 1 unspecified atom stereocenters. The van der Waals surface area contributed by atoms with Crippen molar-refractivity contribution in [3.05, 3.63) is 6.92 Å². The zero-order valence-corrected chi connectivity index (χ0v) is 16.0. The second kappa shape index (κ2) is 14.6. The molecule has 0 aromatic rings. The van der Waals surface area contributed by atoms with Gasteiger partial charge in [-0.05, 0) is 12.0 Å². The van der Waals surface area contributed by atoms with Crippen molar-refractivity contribution in [3.8, 4) is 0 Å². The van der Waals surface area contributed by atoms with Crippen molar-refractivity contribution in [1.29, 1.82) is 0 Å². The minimum absolute atomic E-state index is 0. The molecule has 0 bridgehead atoms. The van der Waals surface area contributed by atoms with Gasteiger partial charge in [-0.1, -0.05) is 78.1 Å². The number of ketones is 1. The molecule has 0 rings (SSSR count). The molecule has 0 aliphatic carbocycles. The Morgan fingerprint density at radius 1 is 0.900 bits per heavy atom. The maximum Gasteiger partial charge on any atom is 1.00 e. The quantitative estimate of drug-likeness (QED) is 0.319. The van der Waals surface area contributed by atoms with Crippen molar-refractivity contribution in [2.75, 3.05) is 0 Å². The van der Waals surface area contributed by atoms with Gasteiger partial charge in [0.25, 0.3) is 0 Å². The van der Waals surface area contributed by atoms with Crippen LogP contribution in [0.1, 0.15) is 90.9 Å². The zero-order valence-electron chi connectivity index (χ0n) is 14.0. The number of unbranched alkanes of at least 4 members (excludes halogenated alkanes) is 10. The predicted octanol–water partition coefficient (Wildman–Crippen LogP) is 1.85. The summed E-state index contributed by atoms with van der Waals surface area (Å²) < 4.78 is 0. The molecule has 0 aromatic carbocycles. The average molecular weight is 292 g/mol. The Labute approximate surface area is 148 Å². The number of hydrogen-bond donors (Lipinski definition) is 1. The normalized spacial score (nSPS) is 13.6. The van der Waals surface area contributed by atoms with Gasteiger partial charge in [0.15, 0.2) is 0 Å². The topological polar surface area (TPSA) is 37.3 Å². The Kier molecular flexibility index (Phi) is 16.7. The second-order valence-corrected chi connectivity index (χ2v) is 5.98. The van der Waals surface area contributed by atoms with Gasteiger partial charge in [-0.2, -0.15) is 0 Å². The maximum absolute atomic E-state index is 11.4. The fourth-order valence-corrected chi connectivity index (χ4v) is 2.22. The van der Waals surface area contributed by atoms with Crippen molar-refractivity contribution in [1.82, 2.24) is 0 Å². The van der Waals surface area contributed by atoms with Gasteiger partial charge in [0, 0.05) is 6.42 Å². The third-order valence-corrected chi connectivity index (χ3v) is 3.61. The predicted molar refractivity (Wildman–Crippen MR) is 82.1 cm³/mol. The minimum atomic E-state index is -1.39. The Morgan fingerprint density at radius 3 is 1.60 bits per heavy atom. The molecule has 2 nitrogen and oxygen atoms in total. The molecule has 0 aliphatic rings. The number of aliphatic hydroxyl groups is 1. The summed E-state index contributed by atoms with van der Waals surface area (Å²) in [4.78, 5) is 11.4. The standard InChI is InChI=1S/C17H33O2.Na/c1-4-5-6-7-8-9-10-11-12-13-14-15-16(18)17(2,3)19;/h19H,2,4-15H2,1,3H3;/q-1;+1. The van der Waals surface area contributed by atoms with E-state index in [4.69, 9.17) is 0 Å². The largest absolute Gasteiger partial charge is 1.00 e. The molecule has 0 saturated heterocycles. The SMILES string of the molecule is [CH2-]C(C)(O)C(=O)CCCCCCCCCCCCC.[Na+]. The molecular weight excluding hydrogens is 259 g/mol. The van der Waals surface area contributed by atoms with Crippen LogP contribution in [0.15, 0.2) is 0 Å². The molecule has 0 heterocycles. The van der Waals surface area contributed by atoms with Crippen LogP contribution in [0.25, 0.3) is 0 Å². The fourth-order valence-electron chi connectivity index (χ4n) is 2.22. The number of carbonyl (C=O) groups excluding carboxylic acids is 1. The Balaban J connectivity index is 0. The summed E-state index contributed by atoms with van der Waals surface area (Å²) in [7, 11) is 0. The Bertz CT molecular complexity index is 222. The van der Waals surface area contributed by atoms with Gasteiger partial charge < -0.3 is 12.0 Å². The summed E-state index contributed by atoms with van der Waals surface area (Å²) >= 11 is 0. The smallest absolute Gasteiger partial charge is 0.415 e.